The molecule has 3 rings (SSSR count). The zero-order valence-corrected chi connectivity index (χ0v) is 14.4. The standard InChI is InChI=1S/C17H24N4O.ClH/c1-22-16-6-4-14(5-7-16)17-15(13-19-20-17)12-18-8-11-21-9-2-3-10-21;/h4-7,13,18H,2-3,8-12H2,1H3,(H,19,20);1H. The molecule has 6 heteroatoms. The van der Waals surface area contributed by atoms with Crippen LogP contribution in [0.2, 0.25) is 0 Å². The Bertz CT molecular complexity index is 579. The van der Waals surface area contributed by atoms with Crippen molar-refractivity contribution in [1.29, 1.82) is 0 Å². The third-order valence-corrected chi connectivity index (χ3v) is 4.22. The van der Waals surface area contributed by atoms with Gasteiger partial charge in [0.1, 0.15) is 5.75 Å². The van der Waals surface area contributed by atoms with Gasteiger partial charge in [0, 0.05) is 30.8 Å². The lowest BCUT2D eigenvalue weighted by atomic mass is 10.1. The van der Waals surface area contributed by atoms with E-state index >= 15 is 0 Å². The highest BCUT2D eigenvalue weighted by atomic mass is 35.5. The van der Waals surface area contributed by atoms with Crippen molar-refractivity contribution >= 4 is 12.4 Å². The molecule has 2 N–H and O–H groups in total. The van der Waals surface area contributed by atoms with E-state index in [4.69, 9.17) is 4.74 Å². The summed E-state index contributed by atoms with van der Waals surface area (Å²) in [5.74, 6) is 0.869. The number of ether oxygens (including phenoxy) is 1. The van der Waals surface area contributed by atoms with Gasteiger partial charge in [0.05, 0.1) is 19.0 Å². The van der Waals surface area contributed by atoms with Crippen molar-refractivity contribution in [1.82, 2.24) is 20.4 Å². The molecular weight excluding hydrogens is 312 g/mol. The van der Waals surface area contributed by atoms with E-state index in [0.717, 1.165) is 36.6 Å². The van der Waals surface area contributed by atoms with Gasteiger partial charge in [-0.05, 0) is 50.2 Å². The molecule has 0 bridgehead atoms. The summed E-state index contributed by atoms with van der Waals surface area (Å²) in [5.41, 5.74) is 3.41. The van der Waals surface area contributed by atoms with Crippen molar-refractivity contribution in [2.24, 2.45) is 0 Å². The van der Waals surface area contributed by atoms with Crippen LogP contribution in [0.25, 0.3) is 11.3 Å². The molecule has 0 aliphatic carbocycles. The number of likely N-dealkylation sites (tertiary alicyclic amines) is 1. The van der Waals surface area contributed by atoms with Crippen LogP contribution in [0.4, 0.5) is 0 Å². The van der Waals surface area contributed by atoms with Crippen LogP contribution in [-0.2, 0) is 6.54 Å². The van der Waals surface area contributed by atoms with Gasteiger partial charge in [-0.15, -0.1) is 12.4 Å². The topological polar surface area (TPSA) is 53.2 Å². The molecule has 0 unspecified atom stereocenters. The Morgan fingerprint density at radius 2 is 1.96 bits per heavy atom. The molecule has 1 saturated heterocycles. The van der Waals surface area contributed by atoms with E-state index < -0.39 is 0 Å². The fourth-order valence-electron chi connectivity index (χ4n) is 2.92. The van der Waals surface area contributed by atoms with Gasteiger partial charge in [-0.3, -0.25) is 5.10 Å². The summed E-state index contributed by atoms with van der Waals surface area (Å²) in [6.45, 7) is 5.50. The summed E-state index contributed by atoms with van der Waals surface area (Å²) < 4.78 is 5.20. The Kier molecular flexibility index (Phi) is 6.89. The maximum atomic E-state index is 5.20. The SMILES string of the molecule is COc1ccc(-c2[nH]ncc2CNCCN2CCCC2)cc1.Cl. The molecule has 1 aliphatic rings. The fourth-order valence-corrected chi connectivity index (χ4v) is 2.92. The zero-order valence-electron chi connectivity index (χ0n) is 13.5. The molecule has 0 spiro atoms. The molecule has 0 amide bonds. The van der Waals surface area contributed by atoms with E-state index in [1.54, 1.807) is 7.11 Å². The highest BCUT2D eigenvalue weighted by Crippen LogP contribution is 2.23. The van der Waals surface area contributed by atoms with E-state index in [1.807, 2.05) is 18.3 Å². The van der Waals surface area contributed by atoms with Gasteiger partial charge in [0.2, 0.25) is 0 Å². The first-order valence-electron chi connectivity index (χ1n) is 7.96. The monoisotopic (exact) mass is 336 g/mol. The number of methoxy groups -OCH3 is 1. The molecule has 1 aromatic carbocycles. The summed E-state index contributed by atoms with van der Waals surface area (Å²) in [7, 11) is 1.68. The van der Waals surface area contributed by atoms with Crippen LogP contribution in [0, 0.1) is 0 Å². The molecule has 23 heavy (non-hydrogen) atoms. The molecule has 0 atom stereocenters. The smallest absolute Gasteiger partial charge is 0.118 e. The predicted molar refractivity (Wildman–Crippen MR) is 95.2 cm³/mol. The molecule has 1 aromatic heterocycles. The number of hydrogen-bond donors (Lipinski definition) is 2. The molecule has 5 nitrogen and oxygen atoms in total. The number of rotatable bonds is 7. The Morgan fingerprint density at radius 3 is 2.65 bits per heavy atom. The summed E-state index contributed by atoms with van der Waals surface area (Å²) in [6.07, 6.45) is 4.61. The number of aromatic nitrogens is 2. The second kappa shape index (κ2) is 8.91. The third-order valence-electron chi connectivity index (χ3n) is 4.22. The maximum absolute atomic E-state index is 5.20. The number of benzene rings is 1. The minimum absolute atomic E-state index is 0. The summed E-state index contributed by atoms with van der Waals surface area (Å²) >= 11 is 0. The second-order valence-electron chi connectivity index (χ2n) is 5.72. The van der Waals surface area contributed by atoms with E-state index in [9.17, 15) is 0 Å². The molecule has 0 radical (unpaired) electrons. The molecule has 126 valence electrons. The van der Waals surface area contributed by atoms with Crippen LogP contribution in [0.5, 0.6) is 5.75 Å². The van der Waals surface area contributed by atoms with Crippen LogP contribution < -0.4 is 10.1 Å². The van der Waals surface area contributed by atoms with Gasteiger partial charge in [-0.2, -0.15) is 5.10 Å². The number of halogens is 1. The van der Waals surface area contributed by atoms with Gasteiger partial charge < -0.3 is 15.0 Å². The lowest BCUT2D eigenvalue weighted by Crippen LogP contribution is -2.29. The Balaban J connectivity index is 0.00000192. The lowest BCUT2D eigenvalue weighted by molar-refractivity contribution is 0.335. The van der Waals surface area contributed by atoms with E-state index in [1.165, 1.54) is 31.5 Å². The van der Waals surface area contributed by atoms with Crippen LogP contribution in [0.3, 0.4) is 0 Å². The van der Waals surface area contributed by atoms with Gasteiger partial charge >= 0.3 is 0 Å². The second-order valence-corrected chi connectivity index (χ2v) is 5.72. The summed E-state index contributed by atoms with van der Waals surface area (Å²) in [6, 6.07) is 8.06. The minimum Gasteiger partial charge on any atom is -0.497 e. The molecule has 2 aromatic rings. The quantitative estimate of drug-likeness (QED) is 0.763. The van der Waals surface area contributed by atoms with Crippen LogP contribution in [0.15, 0.2) is 30.5 Å². The Hall–Kier alpha value is -1.56. The van der Waals surface area contributed by atoms with Crippen LogP contribution in [-0.4, -0.2) is 48.4 Å². The number of aromatic amines is 1. The van der Waals surface area contributed by atoms with Gasteiger partial charge in [0.15, 0.2) is 0 Å². The van der Waals surface area contributed by atoms with Crippen molar-refractivity contribution in [3.8, 4) is 17.0 Å². The average molecular weight is 337 g/mol. The Morgan fingerprint density at radius 1 is 1.22 bits per heavy atom. The van der Waals surface area contributed by atoms with Crippen molar-refractivity contribution < 1.29 is 4.74 Å². The fraction of sp³-hybridized carbons (Fsp3) is 0.471. The average Bonchev–Trinajstić information content (AvgIpc) is 3.23. The molecule has 0 saturated carbocycles. The van der Waals surface area contributed by atoms with E-state index in [-0.39, 0.29) is 12.4 Å². The minimum atomic E-state index is 0. The Labute approximate surface area is 143 Å². The van der Waals surface area contributed by atoms with Gasteiger partial charge in [0.25, 0.3) is 0 Å². The summed E-state index contributed by atoms with van der Waals surface area (Å²) in [5, 5.41) is 10.8. The first-order chi connectivity index (χ1) is 10.9. The molecule has 2 heterocycles. The van der Waals surface area contributed by atoms with Crippen LogP contribution in [0.1, 0.15) is 18.4 Å². The number of nitrogens with zero attached hydrogens (tertiary/aromatic N) is 2. The van der Waals surface area contributed by atoms with Crippen molar-refractivity contribution in [3.05, 3.63) is 36.0 Å². The summed E-state index contributed by atoms with van der Waals surface area (Å²) in [4.78, 5) is 2.52. The lowest BCUT2D eigenvalue weighted by Gasteiger charge is -2.14. The first-order valence-corrected chi connectivity index (χ1v) is 7.96. The van der Waals surface area contributed by atoms with Crippen molar-refractivity contribution in [2.45, 2.75) is 19.4 Å². The number of nitrogens with one attached hydrogen (secondary N) is 2. The van der Waals surface area contributed by atoms with E-state index in [2.05, 4.69) is 32.5 Å². The first kappa shape index (κ1) is 17.8. The predicted octanol–water partition coefficient (Wildman–Crippen LogP) is 2.69. The highest BCUT2D eigenvalue weighted by molar-refractivity contribution is 5.85. The third kappa shape index (κ3) is 4.70. The zero-order chi connectivity index (χ0) is 15.2. The van der Waals surface area contributed by atoms with Gasteiger partial charge in [-0.1, -0.05) is 0 Å². The van der Waals surface area contributed by atoms with E-state index in [0.29, 0.717) is 0 Å². The normalized spacial score (nSPS) is 14.7. The van der Waals surface area contributed by atoms with Crippen molar-refractivity contribution in [2.75, 3.05) is 33.3 Å². The molecular formula is C17H25ClN4O. The van der Waals surface area contributed by atoms with Gasteiger partial charge in [-0.25, -0.2) is 0 Å². The van der Waals surface area contributed by atoms with Crippen molar-refractivity contribution in [3.63, 3.8) is 0 Å². The van der Waals surface area contributed by atoms with Crippen LogP contribution >= 0.6 is 12.4 Å². The maximum Gasteiger partial charge on any atom is 0.118 e. The largest absolute Gasteiger partial charge is 0.497 e. The molecule has 1 aliphatic heterocycles. The highest BCUT2D eigenvalue weighted by Gasteiger charge is 2.11. The molecule has 1 fully saturated rings. The number of H-pyrrole nitrogens is 1. The number of hydrogen-bond acceptors (Lipinski definition) is 4.